The number of amides is 2. The minimum Gasteiger partial charge on any atom is -0.493 e. The number of carbonyl (C=O) groups excluding carboxylic acids is 2. The van der Waals surface area contributed by atoms with Crippen LogP contribution in [0.4, 0.5) is 5.69 Å². The van der Waals surface area contributed by atoms with Gasteiger partial charge in [0, 0.05) is 0 Å². The Kier molecular flexibility index (Phi) is 7.56. The summed E-state index contributed by atoms with van der Waals surface area (Å²) in [6, 6.07) is 9.36. The van der Waals surface area contributed by atoms with E-state index in [9.17, 15) is 19.5 Å². The fourth-order valence-corrected chi connectivity index (χ4v) is 4.34. The zero-order valence-corrected chi connectivity index (χ0v) is 19.5. The highest BCUT2D eigenvalue weighted by Crippen LogP contribution is 2.40. The monoisotopic (exact) mass is 488 g/mol. The number of ether oxygens (including phenoxy) is 3. The third-order valence-electron chi connectivity index (χ3n) is 4.59. The maximum Gasteiger partial charge on any atom is 0.337 e. The number of rotatable bonds is 8. The highest BCUT2D eigenvalue weighted by molar-refractivity contribution is 8.26. The number of para-hydroxylation sites is 1. The van der Waals surface area contributed by atoms with Crippen molar-refractivity contribution in [1.29, 1.82) is 0 Å². The summed E-state index contributed by atoms with van der Waals surface area (Å²) in [6.07, 6.45) is 1.61. The Morgan fingerprint density at radius 3 is 2.33 bits per heavy atom. The Bertz CT molecular complexity index is 1140. The summed E-state index contributed by atoms with van der Waals surface area (Å²) >= 11 is 6.33. The van der Waals surface area contributed by atoms with Gasteiger partial charge in [0.15, 0.2) is 11.5 Å². The minimum atomic E-state index is -1.18. The van der Waals surface area contributed by atoms with E-state index in [1.54, 1.807) is 30.3 Å². The van der Waals surface area contributed by atoms with Crippen molar-refractivity contribution >= 4 is 57.8 Å². The summed E-state index contributed by atoms with van der Waals surface area (Å²) < 4.78 is 16.2. The van der Waals surface area contributed by atoms with Crippen LogP contribution in [0.1, 0.15) is 15.9 Å². The van der Waals surface area contributed by atoms with Gasteiger partial charge in [0.2, 0.25) is 11.7 Å². The Morgan fingerprint density at radius 2 is 1.76 bits per heavy atom. The SMILES string of the molecule is COc1cc(/C=C2\SC(=S)N(CC(=O)Nc3ccccc3C(=O)O)C2=O)cc(OC)c1OC. The van der Waals surface area contributed by atoms with Crippen molar-refractivity contribution in [2.24, 2.45) is 0 Å². The first kappa shape index (κ1) is 24.1. The molecule has 3 rings (SSSR count). The smallest absolute Gasteiger partial charge is 0.337 e. The molecule has 2 aromatic rings. The minimum absolute atomic E-state index is 0.0569. The molecule has 2 aromatic carbocycles. The second kappa shape index (κ2) is 10.4. The third-order valence-corrected chi connectivity index (χ3v) is 5.97. The molecule has 0 atom stereocenters. The summed E-state index contributed by atoms with van der Waals surface area (Å²) in [5.74, 6) is -0.924. The Labute approximate surface area is 199 Å². The molecule has 2 N–H and O–H groups in total. The molecule has 1 aliphatic rings. The van der Waals surface area contributed by atoms with E-state index in [2.05, 4.69) is 5.32 Å². The van der Waals surface area contributed by atoms with E-state index in [0.717, 1.165) is 16.7 Å². The van der Waals surface area contributed by atoms with Crippen molar-refractivity contribution in [3.05, 3.63) is 52.4 Å². The average Bonchev–Trinajstić information content (AvgIpc) is 3.05. The molecule has 2 amide bonds. The number of thioether (sulfide) groups is 1. The van der Waals surface area contributed by atoms with Gasteiger partial charge in [-0.3, -0.25) is 14.5 Å². The molecule has 0 aromatic heterocycles. The molecular formula is C22H20N2O7S2. The number of thiocarbonyl (C=S) groups is 1. The van der Waals surface area contributed by atoms with Crippen LogP contribution in [0.2, 0.25) is 0 Å². The maximum atomic E-state index is 12.9. The Morgan fingerprint density at radius 1 is 1.12 bits per heavy atom. The number of benzene rings is 2. The maximum absolute atomic E-state index is 12.9. The fourth-order valence-electron chi connectivity index (χ4n) is 3.08. The molecule has 33 heavy (non-hydrogen) atoms. The molecule has 1 saturated heterocycles. The first-order valence-corrected chi connectivity index (χ1v) is 10.7. The number of aromatic carboxylic acids is 1. The van der Waals surface area contributed by atoms with Crippen LogP contribution < -0.4 is 19.5 Å². The van der Waals surface area contributed by atoms with Gasteiger partial charge in [-0.2, -0.15) is 0 Å². The Balaban J connectivity index is 1.79. The number of hydrogen-bond acceptors (Lipinski definition) is 8. The molecule has 1 aliphatic heterocycles. The second-order valence-corrected chi connectivity index (χ2v) is 8.30. The topological polar surface area (TPSA) is 114 Å². The summed E-state index contributed by atoms with van der Waals surface area (Å²) in [7, 11) is 4.47. The van der Waals surface area contributed by atoms with E-state index in [0.29, 0.717) is 27.7 Å². The number of carboxylic acid groups (broad SMARTS) is 1. The lowest BCUT2D eigenvalue weighted by atomic mass is 10.1. The van der Waals surface area contributed by atoms with Gasteiger partial charge in [-0.15, -0.1) is 0 Å². The molecule has 9 nitrogen and oxygen atoms in total. The quantitative estimate of drug-likeness (QED) is 0.427. The number of nitrogens with one attached hydrogen (secondary N) is 1. The van der Waals surface area contributed by atoms with Crippen LogP contribution in [-0.2, 0) is 9.59 Å². The number of hydrogen-bond donors (Lipinski definition) is 2. The number of methoxy groups -OCH3 is 3. The van der Waals surface area contributed by atoms with Gasteiger partial charge >= 0.3 is 5.97 Å². The van der Waals surface area contributed by atoms with E-state index < -0.39 is 17.8 Å². The van der Waals surface area contributed by atoms with Crippen LogP contribution in [0.3, 0.4) is 0 Å². The van der Waals surface area contributed by atoms with Crippen molar-refractivity contribution in [3.8, 4) is 17.2 Å². The number of carbonyl (C=O) groups is 3. The van der Waals surface area contributed by atoms with Gasteiger partial charge < -0.3 is 24.6 Å². The van der Waals surface area contributed by atoms with E-state index >= 15 is 0 Å². The van der Waals surface area contributed by atoms with Crippen molar-refractivity contribution in [3.63, 3.8) is 0 Å². The lowest BCUT2D eigenvalue weighted by molar-refractivity contribution is -0.126. The van der Waals surface area contributed by atoms with Crippen molar-refractivity contribution in [2.45, 2.75) is 0 Å². The lowest BCUT2D eigenvalue weighted by Gasteiger charge is -2.15. The number of nitrogens with zero attached hydrogens (tertiary/aromatic N) is 1. The first-order valence-electron chi connectivity index (χ1n) is 9.46. The van der Waals surface area contributed by atoms with Gasteiger partial charge in [-0.05, 0) is 35.9 Å². The first-order chi connectivity index (χ1) is 15.8. The molecular weight excluding hydrogens is 468 g/mol. The Hall–Kier alpha value is -3.57. The highest BCUT2D eigenvalue weighted by Gasteiger charge is 2.33. The molecule has 0 bridgehead atoms. The standard InChI is InChI=1S/C22H20N2O7S2/c1-29-15-8-12(9-16(30-2)19(15)31-3)10-17-20(26)24(22(32)33-17)11-18(25)23-14-7-5-4-6-13(14)21(27)28/h4-10H,11H2,1-3H3,(H,23,25)(H,27,28)/b17-10-. The molecule has 0 radical (unpaired) electrons. The van der Waals surface area contributed by atoms with Crippen LogP contribution in [0.25, 0.3) is 6.08 Å². The van der Waals surface area contributed by atoms with Gasteiger partial charge in [-0.25, -0.2) is 4.79 Å². The molecule has 0 saturated carbocycles. The zero-order chi connectivity index (χ0) is 24.1. The number of anilines is 1. The third kappa shape index (κ3) is 5.26. The van der Waals surface area contributed by atoms with Crippen molar-refractivity contribution < 1.29 is 33.7 Å². The summed E-state index contributed by atoms with van der Waals surface area (Å²) in [6.45, 7) is -0.356. The second-order valence-electron chi connectivity index (χ2n) is 6.63. The van der Waals surface area contributed by atoms with Crippen LogP contribution in [-0.4, -0.2) is 60.0 Å². The molecule has 11 heteroatoms. The van der Waals surface area contributed by atoms with Crippen LogP contribution in [0, 0.1) is 0 Å². The van der Waals surface area contributed by atoms with Crippen LogP contribution in [0.15, 0.2) is 41.3 Å². The molecule has 0 spiro atoms. The van der Waals surface area contributed by atoms with Crippen molar-refractivity contribution in [2.75, 3.05) is 33.2 Å². The normalized spacial score (nSPS) is 14.4. The summed E-state index contributed by atoms with van der Waals surface area (Å²) in [5.41, 5.74) is 0.691. The molecule has 0 aliphatic carbocycles. The molecule has 1 fully saturated rings. The van der Waals surface area contributed by atoms with Gasteiger partial charge in [0.05, 0.1) is 37.5 Å². The summed E-state index contributed by atoms with van der Waals surface area (Å²) in [4.78, 5) is 38.2. The lowest BCUT2D eigenvalue weighted by Crippen LogP contribution is -2.36. The van der Waals surface area contributed by atoms with E-state index in [1.165, 1.54) is 33.5 Å². The van der Waals surface area contributed by atoms with E-state index in [4.69, 9.17) is 26.4 Å². The van der Waals surface area contributed by atoms with E-state index in [-0.39, 0.29) is 22.1 Å². The molecule has 1 heterocycles. The molecule has 172 valence electrons. The van der Waals surface area contributed by atoms with Gasteiger partial charge in [-0.1, -0.05) is 36.1 Å². The molecule has 0 unspecified atom stereocenters. The van der Waals surface area contributed by atoms with Gasteiger partial charge in [0.1, 0.15) is 10.9 Å². The largest absolute Gasteiger partial charge is 0.493 e. The summed E-state index contributed by atoms with van der Waals surface area (Å²) in [5, 5.41) is 11.8. The van der Waals surface area contributed by atoms with Crippen molar-refractivity contribution in [1.82, 2.24) is 4.90 Å². The average molecular weight is 489 g/mol. The highest BCUT2D eigenvalue weighted by atomic mass is 32.2. The predicted octanol–water partition coefficient (Wildman–Crippen LogP) is 3.25. The fraction of sp³-hybridized carbons (Fsp3) is 0.182. The number of carboxylic acids is 1. The van der Waals surface area contributed by atoms with Crippen LogP contribution in [0.5, 0.6) is 17.2 Å². The van der Waals surface area contributed by atoms with E-state index in [1.807, 2.05) is 0 Å². The zero-order valence-electron chi connectivity index (χ0n) is 17.9. The van der Waals surface area contributed by atoms with Gasteiger partial charge in [0.25, 0.3) is 5.91 Å². The predicted molar refractivity (Wildman–Crippen MR) is 128 cm³/mol. The van der Waals surface area contributed by atoms with Crippen LogP contribution >= 0.6 is 24.0 Å².